The molecule has 5 heteroatoms. The van der Waals surface area contributed by atoms with Crippen LogP contribution in [0.2, 0.25) is 0 Å². The molecule has 1 aliphatic rings. The van der Waals surface area contributed by atoms with Crippen molar-refractivity contribution in [2.75, 3.05) is 13.1 Å². The van der Waals surface area contributed by atoms with Crippen molar-refractivity contribution in [1.82, 2.24) is 14.5 Å². The van der Waals surface area contributed by atoms with Gasteiger partial charge in [0.15, 0.2) is 0 Å². The predicted octanol–water partition coefficient (Wildman–Crippen LogP) is 4.19. The zero-order valence-corrected chi connectivity index (χ0v) is 15.0. The van der Waals surface area contributed by atoms with Gasteiger partial charge in [0.05, 0.1) is 22.6 Å². The van der Waals surface area contributed by atoms with E-state index in [0.717, 1.165) is 46.4 Å². The highest BCUT2D eigenvalue weighted by Gasteiger charge is 2.30. The molecular formula is C19H18BrN3O. The van der Waals surface area contributed by atoms with Gasteiger partial charge in [-0.3, -0.25) is 4.79 Å². The van der Waals surface area contributed by atoms with Gasteiger partial charge in [0.2, 0.25) is 0 Å². The molecule has 4 nitrogen and oxygen atoms in total. The summed E-state index contributed by atoms with van der Waals surface area (Å²) in [6.07, 6.45) is 0.956. The van der Waals surface area contributed by atoms with Crippen molar-refractivity contribution < 1.29 is 4.79 Å². The van der Waals surface area contributed by atoms with Gasteiger partial charge in [-0.2, -0.15) is 0 Å². The fraction of sp³-hybridized carbons (Fsp3) is 0.263. The van der Waals surface area contributed by atoms with Crippen LogP contribution >= 0.6 is 15.9 Å². The molecule has 0 bridgehead atoms. The van der Waals surface area contributed by atoms with Gasteiger partial charge < -0.3 is 9.47 Å². The lowest BCUT2D eigenvalue weighted by Crippen LogP contribution is -2.29. The van der Waals surface area contributed by atoms with Crippen LogP contribution in [0.25, 0.3) is 11.0 Å². The molecule has 3 aromatic rings. The molecule has 1 aromatic heterocycles. The van der Waals surface area contributed by atoms with E-state index in [-0.39, 0.29) is 11.9 Å². The SMILES string of the molecule is Cc1nc2ccccc2n1[C@@H]1CCN(C(=O)c2ccccc2Br)C1. The van der Waals surface area contributed by atoms with Crippen LogP contribution in [0.4, 0.5) is 0 Å². The first-order chi connectivity index (χ1) is 11.6. The summed E-state index contributed by atoms with van der Waals surface area (Å²) in [4.78, 5) is 19.4. The monoisotopic (exact) mass is 383 g/mol. The number of hydrogen-bond donors (Lipinski definition) is 0. The van der Waals surface area contributed by atoms with Gasteiger partial charge in [0, 0.05) is 17.6 Å². The molecule has 24 heavy (non-hydrogen) atoms. The Morgan fingerprint density at radius 2 is 1.92 bits per heavy atom. The maximum Gasteiger partial charge on any atom is 0.255 e. The Kier molecular flexibility index (Phi) is 3.88. The second-order valence-electron chi connectivity index (χ2n) is 6.19. The topological polar surface area (TPSA) is 38.1 Å². The molecule has 1 atom stereocenters. The first-order valence-electron chi connectivity index (χ1n) is 8.12. The quantitative estimate of drug-likeness (QED) is 0.665. The fourth-order valence-electron chi connectivity index (χ4n) is 3.57. The summed E-state index contributed by atoms with van der Waals surface area (Å²) in [5, 5.41) is 0. The molecule has 0 radical (unpaired) electrons. The number of aryl methyl sites for hydroxylation is 1. The van der Waals surface area contributed by atoms with E-state index < -0.39 is 0 Å². The Morgan fingerprint density at radius 1 is 1.17 bits per heavy atom. The van der Waals surface area contributed by atoms with Crippen molar-refractivity contribution in [3.63, 3.8) is 0 Å². The lowest BCUT2D eigenvalue weighted by Gasteiger charge is -2.19. The molecule has 1 amide bonds. The van der Waals surface area contributed by atoms with Crippen LogP contribution in [0, 0.1) is 6.92 Å². The van der Waals surface area contributed by atoms with Crippen molar-refractivity contribution in [2.45, 2.75) is 19.4 Å². The third-order valence-corrected chi connectivity index (χ3v) is 5.38. The van der Waals surface area contributed by atoms with Crippen molar-refractivity contribution in [3.05, 3.63) is 64.4 Å². The van der Waals surface area contributed by atoms with Gasteiger partial charge in [-0.25, -0.2) is 4.98 Å². The fourth-order valence-corrected chi connectivity index (χ4v) is 4.02. The summed E-state index contributed by atoms with van der Waals surface area (Å²) in [6.45, 7) is 3.54. The normalized spacial score (nSPS) is 17.6. The maximum atomic E-state index is 12.8. The average molecular weight is 384 g/mol. The minimum absolute atomic E-state index is 0.0899. The van der Waals surface area contributed by atoms with Crippen molar-refractivity contribution >= 4 is 32.9 Å². The van der Waals surface area contributed by atoms with Gasteiger partial charge in [-0.05, 0) is 53.5 Å². The van der Waals surface area contributed by atoms with Crippen molar-refractivity contribution in [2.24, 2.45) is 0 Å². The number of carbonyl (C=O) groups is 1. The largest absolute Gasteiger partial charge is 0.336 e. The van der Waals surface area contributed by atoms with Crippen LogP contribution in [-0.2, 0) is 0 Å². The second-order valence-corrected chi connectivity index (χ2v) is 7.05. The number of imidazole rings is 1. The summed E-state index contributed by atoms with van der Waals surface area (Å²) >= 11 is 3.48. The zero-order valence-electron chi connectivity index (χ0n) is 13.4. The van der Waals surface area contributed by atoms with E-state index in [1.807, 2.05) is 54.3 Å². The molecule has 1 fully saturated rings. The molecule has 1 saturated heterocycles. The molecule has 2 aromatic carbocycles. The summed E-state index contributed by atoms with van der Waals surface area (Å²) < 4.78 is 3.13. The van der Waals surface area contributed by atoms with E-state index in [4.69, 9.17) is 0 Å². The summed E-state index contributed by atoms with van der Waals surface area (Å²) in [6, 6.07) is 16.1. The van der Waals surface area contributed by atoms with Gasteiger partial charge in [-0.1, -0.05) is 24.3 Å². The van der Waals surface area contributed by atoms with Crippen LogP contribution in [0.3, 0.4) is 0 Å². The molecular weight excluding hydrogens is 366 g/mol. The highest BCUT2D eigenvalue weighted by Crippen LogP contribution is 2.29. The van der Waals surface area contributed by atoms with E-state index in [2.05, 4.69) is 31.5 Å². The number of amides is 1. The number of rotatable bonds is 2. The molecule has 0 spiro atoms. The van der Waals surface area contributed by atoms with E-state index >= 15 is 0 Å². The van der Waals surface area contributed by atoms with Crippen LogP contribution < -0.4 is 0 Å². The number of halogens is 1. The number of fused-ring (bicyclic) bond motifs is 1. The van der Waals surface area contributed by atoms with Gasteiger partial charge in [0.25, 0.3) is 5.91 Å². The number of nitrogens with zero attached hydrogens (tertiary/aromatic N) is 3. The molecule has 0 unspecified atom stereocenters. The standard InChI is InChI=1S/C19H18BrN3O/c1-13-21-17-8-4-5-9-18(17)23(13)14-10-11-22(12-14)19(24)15-6-2-3-7-16(15)20/h2-9,14H,10-12H2,1H3/t14-/m1/s1. The lowest BCUT2D eigenvalue weighted by molar-refractivity contribution is 0.0787. The molecule has 2 heterocycles. The zero-order chi connectivity index (χ0) is 16.7. The summed E-state index contributed by atoms with van der Waals surface area (Å²) in [5.41, 5.74) is 2.89. The van der Waals surface area contributed by atoms with Gasteiger partial charge in [-0.15, -0.1) is 0 Å². The van der Waals surface area contributed by atoms with Crippen molar-refractivity contribution in [1.29, 1.82) is 0 Å². The van der Waals surface area contributed by atoms with Crippen LogP contribution in [-0.4, -0.2) is 33.4 Å². The number of para-hydroxylation sites is 2. The van der Waals surface area contributed by atoms with Crippen LogP contribution in [0.5, 0.6) is 0 Å². The molecule has 4 rings (SSSR count). The highest BCUT2D eigenvalue weighted by atomic mass is 79.9. The Balaban J connectivity index is 1.61. The van der Waals surface area contributed by atoms with Crippen LogP contribution in [0.1, 0.15) is 28.6 Å². The maximum absolute atomic E-state index is 12.8. The van der Waals surface area contributed by atoms with E-state index in [0.29, 0.717) is 0 Å². The van der Waals surface area contributed by atoms with Gasteiger partial charge >= 0.3 is 0 Å². The first kappa shape index (κ1) is 15.4. The Hall–Kier alpha value is -2.14. The minimum atomic E-state index is 0.0899. The summed E-state index contributed by atoms with van der Waals surface area (Å²) in [7, 11) is 0. The average Bonchev–Trinajstić information content (AvgIpc) is 3.18. The van der Waals surface area contributed by atoms with Gasteiger partial charge in [0.1, 0.15) is 5.82 Å². The lowest BCUT2D eigenvalue weighted by atomic mass is 10.2. The smallest absolute Gasteiger partial charge is 0.255 e. The van der Waals surface area contributed by atoms with E-state index in [1.165, 1.54) is 0 Å². The third-order valence-electron chi connectivity index (χ3n) is 4.69. The Labute approximate surface area is 149 Å². The number of carbonyl (C=O) groups excluding carboxylic acids is 1. The second kappa shape index (κ2) is 6.06. The first-order valence-corrected chi connectivity index (χ1v) is 8.92. The van der Waals surface area contributed by atoms with Crippen LogP contribution in [0.15, 0.2) is 53.0 Å². The van der Waals surface area contributed by atoms with E-state index in [9.17, 15) is 4.79 Å². The van der Waals surface area contributed by atoms with Crippen molar-refractivity contribution in [3.8, 4) is 0 Å². The molecule has 0 aliphatic carbocycles. The molecule has 0 saturated carbocycles. The number of benzene rings is 2. The number of aromatic nitrogens is 2. The summed E-state index contributed by atoms with van der Waals surface area (Å²) in [5.74, 6) is 1.10. The number of likely N-dealkylation sites (tertiary alicyclic amines) is 1. The number of hydrogen-bond acceptors (Lipinski definition) is 2. The highest BCUT2D eigenvalue weighted by molar-refractivity contribution is 9.10. The Morgan fingerprint density at radius 3 is 2.75 bits per heavy atom. The predicted molar refractivity (Wildman–Crippen MR) is 98.2 cm³/mol. The van der Waals surface area contributed by atoms with E-state index in [1.54, 1.807) is 0 Å². The third kappa shape index (κ3) is 2.53. The molecule has 122 valence electrons. The minimum Gasteiger partial charge on any atom is -0.336 e. The Bertz CT molecular complexity index is 918. The molecule has 0 N–H and O–H groups in total. The molecule has 1 aliphatic heterocycles.